The minimum Gasteiger partial charge on any atom is -1.00 e. The molecule has 0 amide bonds. The Morgan fingerprint density at radius 3 is 2.48 bits per heavy atom. The van der Waals surface area contributed by atoms with Gasteiger partial charge in [0, 0.05) is 32.0 Å². The molecule has 1 aliphatic rings. The molecule has 2 aromatic carbocycles. The average molecular weight is 420 g/mol. The molecule has 0 saturated carbocycles. The number of aromatic nitrogens is 1. The molecular formula is C19H18ClN3O6. The third-order valence-corrected chi connectivity index (χ3v) is 3.83. The van der Waals surface area contributed by atoms with E-state index in [0.29, 0.717) is 11.1 Å². The predicted molar refractivity (Wildman–Crippen MR) is 103 cm³/mol. The van der Waals surface area contributed by atoms with Crippen LogP contribution in [-0.2, 0) is 4.84 Å². The van der Waals surface area contributed by atoms with Crippen LogP contribution in [-0.4, -0.2) is 40.4 Å². The van der Waals surface area contributed by atoms with Crippen LogP contribution in [0.5, 0.6) is 11.5 Å². The number of phenols is 2. The Hall–Kier alpha value is -3.72. The molecule has 3 aromatic rings. The number of hydroxylamine groups is 1. The van der Waals surface area contributed by atoms with Gasteiger partial charge in [-0.15, -0.1) is 0 Å². The number of allylic oxidation sites excluding steroid dienone is 2. The highest BCUT2D eigenvalue weighted by molar-refractivity contribution is 6.04. The number of carboxylic acid groups (broad SMARTS) is 1. The van der Waals surface area contributed by atoms with Crippen molar-refractivity contribution in [2.24, 2.45) is 0 Å². The average Bonchev–Trinajstić information content (AvgIpc) is 2.70. The van der Waals surface area contributed by atoms with Crippen molar-refractivity contribution in [3.63, 3.8) is 0 Å². The highest BCUT2D eigenvalue weighted by atomic mass is 35.5. The van der Waals surface area contributed by atoms with E-state index in [4.69, 9.17) is 4.42 Å². The Kier molecular flexibility index (Phi) is 6.68. The molecule has 0 unspecified atom stereocenters. The van der Waals surface area contributed by atoms with Crippen molar-refractivity contribution in [1.29, 1.82) is 0 Å². The molecule has 1 aliphatic heterocycles. The van der Waals surface area contributed by atoms with Crippen LogP contribution >= 0.6 is 0 Å². The van der Waals surface area contributed by atoms with Crippen LogP contribution in [0.3, 0.4) is 0 Å². The highest BCUT2D eigenvalue weighted by Crippen LogP contribution is 2.37. The van der Waals surface area contributed by atoms with E-state index in [0.717, 1.165) is 11.8 Å². The second-order valence-electron chi connectivity index (χ2n) is 5.96. The zero-order valence-electron chi connectivity index (χ0n) is 15.5. The number of hydrogen-bond acceptors (Lipinski definition) is 7. The van der Waals surface area contributed by atoms with Gasteiger partial charge >= 0.3 is 17.1 Å². The summed E-state index contributed by atoms with van der Waals surface area (Å²) in [6.45, 7) is 0. The van der Waals surface area contributed by atoms with Crippen molar-refractivity contribution in [3.05, 3.63) is 54.4 Å². The summed E-state index contributed by atoms with van der Waals surface area (Å²) in [6.07, 6.45) is 6.93. The summed E-state index contributed by atoms with van der Waals surface area (Å²) in [4.78, 5) is 21.9. The smallest absolute Gasteiger partial charge is 0.425 e. The van der Waals surface area contributed by atoms with E-state index >= 15 is 0 Å². The lowest BCUT2D eigenvalue weighted by atomic mass is 10.1. The second-order valence-corrected chi connectivity index (χ2v) is 5.96. The number of halogens is 1. The summed E-state index contributed by atoms with van der Waals surface area (Å²) in [6, 6.07) is 6.18. The van der Waals surface area contributed by atoms with Crippen LogP contribution in [0.25, 0.3) is 22.2 Å². The molecule has 0 atom stereocenters. The number of anilines is 1. The lowest BCUT2D eigenvalue weighted by Crippen LogP contribution is -3.00. The van der Waals surface area contributed by atoms with Gasteiger partial charge in [-0.3, -0.25) is 0 Å². The first-order valence-electron chi connectivity index (χ1n) is 8.14. The van der Waals surface area contributed by atoms with Crippen molar-refractivity contribution in [2.45, 2.75) is 0 Å². The molecule has 0 spiro atoms. The number of nitrogens with one attached hydrogen (secondary N) is 1. The SMILES string of the molecule is C1=CNOC=C1.CN(C)c1ccc2nc3c(C(=O)O)cc(O)c(O)c3[o+]c2c1.[Cl-]. The standard InChI is InChI=1S/C15H12N2O5.C4H5NO.ClH/c1-17(2)7-3-4-9-11(5-7)22-14-12(16-9)8(15(20)21)6-10(18)13(14)19;1-2-4-6-5-3-1;/h3-6H,1-2H3,(H2-,16,18,19,20,21);1-5H;1H. The number of rotatable bonds is 2. The predicted octanol–water partition coefficient (Wildman–Crippen LogP) is -0.00990. The van der Waals surface area contributed by atoms with Gasteiger partial charge in [-0.25, -0.2) is 15.3 Å². The second kappa shape index (κ2) is 8.98. The molecule has 0 saturated heterocycles. The van der Waals surface area contributed by atoms with Gasteiger partial charge in [0.15, 0.2) is 16.8 Å². The number of benzene rings is 2. The zero-order valence-corrected chi connectivity index (χ0v) is 16.2. The number of carboxylic acids is 1. The van der Waals surface area contributed by atoms with Crippen LogP contribution in [0.2, 0.25) is 0 Å². The minimum absolute atomic E-state index is 0. The maximum Gasteiger partial charge on any atom is 0.425 e. The van der Waals surface area contributed by atoms with Crippen LogP contribution in [0.4, 0.5) is 5.69 Å². The maximum absolute atomic E-state index is 11.3. The normalized spacial score (nSPS) is 11.7. The van der Waals surface area contributed by atoms with Gasteiger partial charge in [0.2, 0.25) is 0 Å². The fourth-order valence-electron chi connectivity index (χ4n) is 2.44. The lowest BCUT2D eigenvalue weighted by Gasteiger charge is -2.10. The zero-order chi connectivity index (χ0) is 20.3. The van der Waals surface area contributed by atoms with E-state index in [1.54, 1.807) is 30.7 Å². The van der Waals surface area contributed by atoms with Gasteiger partial charge in [-0.2, -0.15) is 4.42 Å². The summed E-state index contributed by atoms with van der Waals surface area (Å²) >= 11 is 0. The summed E-state index contributed by atoms with van der Waals surface area (Å²) in [7, 11) is 3.73. The summed E-state index contributed by atoms with van der Waals surface area (Å²) in [5, 5.41) is 28.8. The summed E-state index contributed by atoms with van der Waals surface area (Å²) in [5.41, 5.74) is 3.77. The van der Waals surface area contributed by atoms with Gasteiger partial charge in [0.1, 0.15) is 6.26 Å². The maximum atomic E-state index is 11.3. The Bertz CT molecular complexity index is 1100. The quantitative estimate of drug-likeness (QED) is 0.258. The van der Waals surface area contributed by atoms with E-state index in [9.17, 15) is 20.1 Å². The van der Waals surface area contributed by atoms with Crippen LogP contribution in [0.1, 0.15) is 10.4 Å². The monoisotopic (exact) mass is 419 g/mol. The van der Waals surface area contributed by atoms with Crippen molar-refractivity contribution in [2.75, 3.05) is 19.0 Å². The van der Waals surface area contributed by atoms with Crippen molar-refractivity contribution < 1.29 is 41.8 Å². The molecule has 9 nitrogen and oxygen atoms in total. The number of phenolic OH excluding ortho intramolecular Hbond substituents is 2. The third-order valence-electron chi connectivity index (χ3n) is 3.83. The Morgan fingerprint density at radius 1 is 1.21 bits per heavy atom. The third kappa shape index (κ3) is 4.58. The van der Waals surface area contributed by atoms with Gasteiger partial charge in [-0.1, -0.05) is 0 Å². The molecule has 2 heterocycles. The van der Waals surface area contributed by atoms with E-state index in [1.165, 1.54) is 0 Å². The number of carbonyl (C=O) groups is 1. The molecule has 0 bridgehead atoms. The van der Waals surface area contributed by atoms with E-state index < -0.39 is 17.5 Å². The first-order chi connectivity index (χ1) is 13.4. The fourth-order valence-corrected chi connectivity index (χ4v) is 2.44. The van der Waals surface area contributed by atoms with Crippen LogP contribution < -0.4 is 22.8 Å². The Morgan fingerprint density at radius 2 is 1.97 bits per heavy atom. The molecule has 0 radical (unpaired) electrons. The molecule has 0 fully saturated rings. The minimum atomic E-state index is -1.27. The Labute approximate surface area is 171 Å². The molecule has 4 rings (SSSR count). The molecule has 152 valence electrons. The topological polar surface area (TPSA) is 126 Å². The number of fused-ring (bicyclic) bond motifs is 2. The van der Waals surface area contributed by atoms with Gasteiger partial charge in [0.25, 0.3) is 5.75 Å². The van der Waals surface area contributed by atoms with Gasteiger partial charge < -0.3 is 37.5 Å². The summed E-state index contributed by atoms with van der Waals surface area (Å²) in [5.74, 6) is -2.38. The largest absolute Gasteiger partial charge is 1.00 e. The van der Waals surface area contributed by atoms with E-state index in [-0.39, 0.29) is 29.1 Å². The summed E-state index contributed by atoms with van der Waals surface area (Å²) < 4.78 is 5.58. The first-order valence-corrected chi connectivity index (χ1v) is 8.14. The fraction of sp³-hybridized carbons (Fsp3) is 0.105. The van der Waals surface area contributed by atoms with Gasteiger partial charge in [0.05, 0.1) is 11.6 Å². The van der Waals surface area contributed by atoms with Crippen LogP contribution in [0, 0.1) is 0 Å². The van der Waals surface area contributed by atoms with Crippen molar-refractivity contribution >= 4 is 33.9 Å². The molecule has 0 aliphatic carbocycles. The first kappa shape index (κ1) is 21.6. The number of hydrogen-bond donors (Lipinski definition) is 4. The highest BCUT2D eigenvalue weighted by Gasteiger charge is 2.27. The Balaban J connectivity index is 0.000000369. The number of nitrogens with zero attached hydrogens (tertiary/aromatic N) is 2. The molecule has 10 heteroatoms. The van der Waals surface area contributed by atoms with Crippen LogP contribution in [0.15, 0.2) is 53.3 Å². The van der Waals surface area contributed by atoms with Gasteiger partial charge in [-0.05, 0) is 24.3 Å². The molecule has 29 heavy (non-hydrogen) atoms. The van der Waals surface area contributed by atoms with E-state index in [2.05, 4.69) is 15.3 Å². The molecule has 4 N–H and O–H groups in total. The lowest BCUT2D eigenvalue weighted by molar-refractivity contribution is -0.0000236. The number of aromatic carboxylic acids is 1. The molecule has 1 aromatic heterocycles. The van der Waals surface area contributed by atoms with Crippen molar-refractivity contribution in [1.82, 2.24) is 10.5 Å². The molecular weight excluding hydrogens is 402 g/mol. The van der Waals surface area contributed by atoms with E-state index in [1.807, 2.05) is 31.1 Å². The number of aromatic hydroxyl groups is 2. The van der Waals surface area contributed by atoms with Crippen molar-refractivity contribution in [3.8, 4) is 11.5 Å².